The Morgan fingerprint density at radius 2 is 1.73 bits per heavy atom. The highest BCUT2D eigenvalue weighted by Crippen LogP contribution is 2.08. The Balaban J connectivity index is 3.51. The molecule has 4 nitrogen and oxygen atoms in total. The van der Waals surface area contributed by atoms with E-state index in [0.29, 0.717) is 6.42 Å². The molecule has 0 heterocycles. The van der Waals surface area contributed by atoms with E-state index in [2.05, 4.69) is 6.92 Å². The Morgan fingerprint density at radius 3 is 2.27 bits per heavy atom. The molecule has 88 valence electrons. The lowest BCUT2D eigenvalue weighted by Gasteiger charge is -2.07. The molecule has 0 bridgehead atoms. The van der Waals surface area contributed by atoms with Crippen molar-refractivity contribution in [1.82, 2.24) is 0 Å². The monoisotopic (exact) mass is 216 g/mol. The van der Waals surface area contributed by atoms with Gasteiger partial charge in [0.15, 0.2) is 5.78 Å². The van der Waals surface area contributed by atoms with Gasteiger partial charge in [0.05, 0.1) is 0 Å². The largest absolute Gasteiger partial charge is 0.481 e. The van der Waals surface area contributed by atoms with E-state index >= 15 is 0 Å². The molecule has 0 aromatic rings. The van der Waals surface area contributed by atoms with E-state index in [1.165, 1.54) is 6.42 Å². The van der Waals surface area contributed by atoms with Gasteiger partial charge in [-0.15, -0.1) is 0 Å². The molecule has 0 saturated heterocycles. The molecule has 0 aromatic carbocycles. The van der Waals surface area contributed by atoms with Crippen molar-refractivity contribution in [2.75, 3.05) is 0 Å². The molecule has 4 heteroatoms. The lowest BCUT2D eigenvalue weighted by atomic mass is 10.0. The third-order valence-corrected chi connectivity index (χ3v) is 2.28. The van der Waals surface area contributed by atoms with Crippen LogP contribution in [0.4, 0.5) is 0 Å². The fourth-order valence-corrected chi connectivity index (χ4v) is 1.37. The third-order valence-electron chi connectivity index (χ3n) is 2.28. The zero-order valence-electron chi connectivity index (χ0n) is 9.24. The number of aliphatic hydroxyl groups is 1. The number of carboxylic acid groups (broad SMARTS) is 1. The summed E-state index contributed by atoms with van der Waals surface area (Å²) in [5.74, 6) is -1.76. The van der Waals surface area contributed by atoms with Crippen LogP contribution in [0.25, 0.3) is 0 Å². The van der Waals surface area contributed by atoms with Gasteiger partial charge in [0.25, 0.3) is 0 Å². The zero-order chi connectivity index (χ0) is 11.7. The quantitative estimate of drug-likeness (QED) is 0.455. The summed E-state index contributed by atoms with van der Waals surface area (Å²) in [4.78, 5) is 21.2. The Labute approximate surface area is 90.3 Å². The SMILES string of the molecule is CCCCCCCC(O)C(=O)CC(=O)O. The van der Waals surface area contributed by atoms with Crippen LogP contribution in [0.3, 0.4) is 0 Å². The minimum Gasteiger partial charge on any atom is -0.481 e. The van der Waals surface area contributed by atoms with E-state index in [1.807, 2.05) is 0 Å². The fourth-order valence-electron chi connectivity index (χ4n) is 1.37. The van der Waals surface area contributed by atoms with Crippen molar-refractivity contribution < 1.29 is 19.8 Å². The molecule has 0 spiro atoms. The van der Waals surface area contributed by atoms with Crippen molar-refractivity contribution >= 4 is 11.8 Å². The van der Waals surface area contributed by atoms with Gasteiger partial charge in [0.2, 0.25) is 0 Å². The van der Waals surface area contributed by atoms with Gasteiger partial charge in [0.1, 0.15) is 12.5 Å². The van der Waals surface area contributed by atoms with Crippen LogP contribution in [0.2, 0.25) is 0 Å². The summed E-state index contributed by atoms with van der Waals surface area (Å²) in [6.45, 7) is 2.12. The predicted molar refractivity (Wildman–Crippen MR) is 56.6 cm³/mol. The summed E-state index contributed by atoms with van der Waals surface area (Å²) in [7, 11) is 0. The smallest absolute Gasteiger partial charge is 0.310 e. The van der Waals surface area contributed by atoms with E-state index in [9.17, 15) is 14.7 Å². The van der Waals surface area contributed by atoms with Crippen LogP contribution >= 0.6 is 0 Å². The van der Waals surface area contributed by atoms with Crippen LogP contribution in [-0.2, 0) is 9.59 Å². The van der Waals surface area contributed by atoms with Crippen molar-refractivity contribution in [3.05, 3.63) is 0 Å². The molecule has 0 aliphatic heterocycles. The first-order valence-corrected chi connectivity index (χ1v) is 5.50. The normalized spacial score (nSPS) is 12.4. The van der Waals surface area contributed by atoms with Gasteiger partial charge >= 0.3 is 5.97 Å². The molecule has 15 heavy (non-hydrogen) atoms. The van der Waals surface area contributed by atoms with Gasteiger partial charge in [-0.2, -0.15) is 0 Å². The molecule has 0 aliphatic carbocycles. The highest BCUT2D eigenvalue weighted by Gasteiger charge is 2.17. The second-order valence-corrected chi connectivity index (χ2v) is 3.76. The standard InChI is InChI=1S/C11H20O4/c1-2-3-4-5-6-7-9(12)10(13)8-11(14)15/h9,12H,2-8H2,1H3,(H,14,15). The first kappa shape index (κ1) is 14.1. The molecule has 0 rings (SSSR count). The van der Waals surface area contributed by atoms with E-state index in [-0.39, 0.29) is 0 Å². The molecular formula is C11H20O4. The summed E-state index contributed by atoms with van der Waals surface area (Å²) in [6, 6.07) is 0. The number of aliphatic carboxylic acids is 1. The minimum absolute atomic E-state index is 0.385. The summed E-state index contributed by atoms with van der Waals surface area (Å²) in [6.07, 6.45) is 3.92. The van der Waals surface area contributed by atoms with Crippen molar-refractivity contribution in [3.63, 3.8) is 0 Å². The summed E-state index contributed by atoms with van der Waals surface area (Å²) < 4.78 is 0. The maximum Gasteiger partial charge on any atom is 0.310 e. The van der Waals surface area contributed by atoms with Crippen molar-refractivity contribution in [1.29, 1.82) is 0 Å². The first-order valence-electron chi connectivity index (χ1n) is 5.50. The van der Waals surface area contributed by atoms with E-state index in [4.69, 9.17) is 5.11 Å². The number of carbonyl (C=O) groups is 2. The summed E-state index contributed by atoms with van der Waals surface area (Å²) >= 11 is 0. The average Bonchev–Trinajstić information content (AvgIpc) is 2.16. The van der Waals surface area contributed by atoms with E-state index in [0.717, 1.165) is 25.7 Å². The molecule has 0 radical (unpaired) electrons. The topological polar surface area (TPSA) is 74.6 Å². The Kier molecular flexibility index (Phi) is 7.91. The molecular weight excluding hydrogens is 196 g/mol. The predicted octanol–water partition coefficient (Wildman–Crippen LogP) is 1.75. The molecule has 1 unspecified atom stereocenters. The van der Waals surface area contributed by atoms with E-state index in [1.54, 1.807) is 0 Å². The number of aliphatic hydroxyl groups excluding tert-OH is 1. The van der Waals surface area contributed by atoms with Gasteiger partial charge < -0.3 is 10.2 Å². The Hall–Kier alpha value is -0.900. The second-order valence-electron chi connectivity index (χ2n) is 3.76. The molecule has 0 aliphatic rings. The molecule has 0 aromatic heterocycles. The van der Waals surface area contributed by atoms with Crippen LogP contribution in [0.5, 0.6) is 0 Å². The number of ketones is 1. The first-order chi connectivity index (χ1) is 7.07. The van der Waals surface area contributed by atoms with Crippen LogP contribution < -0.4 is 0 Å². The van der Waals surface area contributed by atoms with Gasteiger partial charge in [-0.1, -0.05) is 39.0 Å². The van der Waals surface area contributed by atoms with Crippen LogP contribution in [-0.4, -0.2) is 28.1 Å². The van der Waals surface area contributed by atoms with Crippen molar-refractivity contribution in [2.24, 2.45) is 0 Å². The number of carbonyl (C=O) groups excluding carboxylic acids is 1. The zero-order valence-corrected chi connectivity index (χ0v) is 9.24. The van der Waals surface area contributed by atoms with Gasteiger partial charge in [-0.05, 0) is 6.42 Å². The van der Waals surface area contributed by atoms with E-state index < -0.39 is 24.3 Å². The van der Waals surface area contributed by atoms with Crippen LogP contribution in [0.1, 0.15) is 51.9 Å². The molecule has 0 saturated carbocycles. The minimum atomic E-state index is -1.18. The van der Waals surface area contributed by atoms with Crippen LogP contribution in [0.15, 0.2) is 0 Å². The van der Waals surface area contributed by atoms with Crippen molar-refractivity contribution in [3.8, 4) is 0 Å². The fraction of sp³-hybridized carbons (Fsp3) is 0.818. The summed E-state index contributed by atoms with van der Waals surface area (Å²) in [5.41, 5.74) is 0. The Morgan fingerprint density at radius 1 is 1.13 bits per heavy atom. The molecule has 0 amide bonds. The Bertz CT molecular complexity index is 201. The highest BCUT2D eigenvalue weighted by atomic mass is 16.4. The number of Topliss-reactive ketones (excluding diaryl/α,β-unsaturated/α-hetero) is 1. The van der Waals surface area contributed by atoms with Crippen molar-refractivity contribution in [2.45, 2.75) is 58.0 Å². The second kappa shape index (κ2) is 8.41. The number of carboxylic acids is 1. The van der Waals surface area contributed by atoms with Gasteiger partial charge in [-0.25, -0.2) is 0 Å². The highest BCUT2D eigenvalue weighted by molar-refractivity contribution is 5.97. The third kappa shape index (κ3) is 8.12. The summed E-state index contributed by atoms with van der Waals surface area (Å²) in [5, 5.41) is 17.7. The number of rotatable bonds is 9. The van der Waals surface area contributed by atoms with Crippen LogP contribution in [0, 0.1) is 0 Å². The molecule has 2 N–H and O–H groups in total. The average molecular weight is 216 g/mol. The molecule has 1 atom stereocenters. The number of hydrogen-bond acceptors (Lipinski definition) is 3. The number of unbranched alkanes of at least 4 members (excludes halogenated alkanes) is 4. The lowest BCUT2D eigenvalue weighted by Crippen LogP contribution is -2.22. The van der Waals surface area contributed by atoms with Gasteiger partial charge in [0, 0.05) is 0 Å². The number of hydrogen-bond donors (Lipinski definition) is 2. The maximum atomic E-state index is 11.0. The maximum absolute atomic E-state index is 11.0. The van der Waals surface area contributed by atoms with Gasteiger partial charge in [-0.3, -0.25) is 9.59 Å². The lowest BCUT2D eigenvalue weighted by molar-refractivity contribution is -0.142. The molecule has 0 fully saturated rings.